The number of rotatable bonds is 3. The van der Waals surface area contributed by atoms with Crippen molar-refractivity contribution in [1.29, 1.82) is 0 Å². The van der Waals surface area contributed by atoms with Gasteiger partial charge < -0.3 is 15.4 Å². The van der Waals surface area contributed by atoms with Crippen molar-refractivity contribution in [1.82, 2.24) is 10.6 Å². The molecule has 1 aliphatic rings. The molecule has 1 amide bonds. The summed E-state index contributed by atoms with van der Waals surface area (Å²) in [5.74, 6) is -0.277. The van der Waals surface area contributed by atoms with Gasteiger partial charge in [-0.1, -0.05) is 6.92 Å². The Hall–Kier alpha value is -1.10. The van der Waals surface area contributed by atoms with E-state index in [2.05, 4.69) is 15.4 Å². The Morgan fingerprint density at radius 1 is 1.44 bits per heavy atom. The first-order valence-electron chi connectivity index (χ1n) is 5.52. The molecule has 0 spiro atoms. The van der Waals surface area contributed by atoms with Crippen LogP contribution in [0.5, 0.6) is 0 Å². The molecule has 5 nitrogen and oxygen atoms in total. The number of ether oxygens (including phenoxy) is 1. The summed E-state index contributed by atoms with van der Waals surface area (Å²) in [5, 5.41) is 5.82. The van der Waals surface area contributed by atoms with E-state index in [0.717, 1.165) is 13.0 Å². The largest absolute Gasteiger partial charge is 0.467 e. The van der Waals surface area contributed by atoms with Gasteiger partial charge >= 0.3 is 5.97 Å². The fourth-order valence-electron chi connectivity index (χ4n) is 1.88. The summed E-state index contributed by atoms with van der Waals surface area (Å²) in [6.07, 6.45) is 0.983. The predicted octanol–water partition coefficient (Wildman–Crippen LogP) is 0.0522. The molecule has 5 heteroatoms. The van der Waals surface area contributed by atoms with Crippen LogP contribution in [0.1, 0.15) is 27.2 Å². The lowest BCUT2D eigenvalue weighted by Gasteiger charge is -2.26. The smallest absolute Gasteiger partial charge is 0.330 e. The molecule has 1 heterocycles. The molecule has 1 aliphatic heterocycles. The molecule has 0 aliphatic carbocycles. The molecule has 0 radical (unpaired) electrons. The van der Waals surface area contributed by atoms with Crippen LogP contribution in [0.15, 0.2) is 0 Å². The van der Waals surface area contributed by atoms with E-state index in [1.165, 1.54) is 7.11 Å². The topological polar surface area (TPSA) is 67.4 Å². The first-order chi connectivity index (χ1) is 7.38. The van der Waals surface area contributed by atoms with E-state index in [1.54, 1.807) is 13.8 Å². The molecule has 92 valence electrons. The SMILES string of the molecule is COC(=O)C(C)(C)NC(=O)C1NCCC1C. The minimum atomic E-state index is -0.976. The summed E-state index contributed by atoms with van der Waals surface area (Å²) in [4.78, 5) is 23.3. The summed E-state index contributed by atoms with van der Waals surface area (Å²) in [5.41, 5.74) is -0.976. The number of carbonyl (C=O) groups is 2. The first kappa shape index (κ1) is 13.0. The van der Waals surface area contributed by atoms with E-state index in [1.807, 2.05) is 6.92 Å². The Morgan fingerprint density at radius 3 is 2.50 bits per heavy atom. The Kier molecular flexibility index (Phi) is 3.91. The molecule has 0 aromatic carbocycles. The van der Waals surface area contributed by atoms with Crippen LogP contribution in [0, 0.1) is 5.92 Å². The van der Waals surface area contributed by atoms with Gasteiger partial charge in [-0.05, 0) is 32.7 Å². The van der Waals surface area contributed by atoms with E-state index >= 15 is 0 Å². The van der Waals surface area contributed by atoms with E-state index in [9.17, 15) is 9.59 Å². The van der Waals surface area contributed by atoms with Crippen LogP contribution < -0.4 is 10.6 Å². The van der Waals surface area contributed by atoms with Crippen LogP contribution in [0.4, 0.5) is 0 Å². The Bertz CT molecular complexity index is 289. The second-order valence-electron chi connectivity index (χ2n) is 4.80. The zero-order chi connectivity index (χ0) is 12.3. The molecule has 1 fully saturated rings. The zero-order valence-electron chi connectivity index (χ0n) is 10.3. The highest BCUT2D eigenvalue weighted by atomic mass is 16.5. The van der Waals surface area contributed by atoms with Crippen LogP contribution in [-0.4, -0.2) is 37.1 Å². The maximum atomic E-state index is 11.9. The number of esters is 1. The Labute approximate surface area is 95.9 Å². The highest BCUT2D eigenvalue weighted by Gasteiger charge is 2.36. The molecule has 2 atom stereocenters. The van der Waals surface area contributed by atoms with Crippen LogP contribution in [0.2, 0.25) is 0 Å². The van der Waals surface area contributed by atoms with Gasteiger partial charge in [-0.3, -0.25) is 4.79 Å². The third-order valence-corrected chi connectivity index (χ3v) is 2.95. The summed E-state index contributed by atoms with van der Waals surface area (Å²) >= 11 is 0. The quantitative estimate of drug-likeness (QED) is 0.670. The fraction of sp³-hybridized carbons (Fsp3) is 0.818. The summed E-state index contributed by atoms with van der Waals surface area (Å²) < 4.78 is 4.63. The van der Waals surface area contributed by atoms with Crippen molar-refractivity contribution in [3.05, 3.63) is 0 Å². The molecule has 2 N–H and O–H groups in total. The number of methoxy groups -OCH3 is 1. The van der Waals surface area contributed by atoms with Crippen molar-refractivity contribution in [3.63, 3.8) is 0 Å². The van der Waals surface area contributed by atoms with Crippen LogP contribution in [0.3, 0.4) is 0 Å². The number of nitrogens with one attached hydrogen (secondary N) is 2. The van der Waals surface area contributed by atoms with E-state index in [-0.39, 0.29) is 11.9 Å². The van der Waals surface area contributed by atoms with Crippen LogP contribution >= 0.6 is 0 Å². The highest BCUT2D eigenvalue weighted by Crippen LogP contribution is 2.15. The van der Waals surface area contributed by atoms with Gasteiger partial charge in [0.2, 0.25) is 5.91 Å². The third kappa shape index (κ3) is 2.72. The maximum absolute atomic E-state index is 11.9. The van der Waals surface area contributed by atoms with E-state index < -0.39 is 11.5 Å². The highest BCUT2D eigenvalue weighted by molar-refractivity contribution is 5.90. The standard InChI is InChI=1S/C11H20N2O3/c1-7-5-6-12-8(7)9(14)13-11(2,3)10(15)16-4/h7-8,12H,5-6H2,1-4H3,(H,13,14). The van der Waals surface area contributed by atoms with Gasteiger partial charge in [-0.25, -0.2) is 4.79 Å². The van der Waals surface area contributed by atoms with Crippen molar-refractivity contribution in [2.45, 2.75) is 38.8 Å². The molecule has 2 unspecified atom stereocenters. The molecule has 0 aromatic rings. The summed E-state index contributed by atoms with van der Waals surface area (Å²) in [6.45, 7) is 6.14. The average Bonchev–Trinajstić information content (AvgIpc) is 2.62. The van der Waals surface area contributed by atoms with Gasteiger partial charge in [-0.15, -0.1) is 0 Å². The minimum Gasteiger partial charge on any atom is -0.467 e. The maximum Gasteiger partial charge on any atom is 0.330 e. The van der Waals surface area contributed by atoms with Gasteiger partial charge in [0.25, 0.3) is 0 Å². The van der Waals surface area contributed by atoms with E-state index in [0.29, 0.717) is 5.92 Å². The first-order valence-corrected chi connectivity index (χ1v) is 5.52. The molecule has 0 saturated carbocycles. The Morgan fingerprint density at radius 2 is 2.06 bits per heavy atom. The molecule has 1 rings (SSSR count). The number of hydrogen-bond donors (Lipinski definition) is 2. The van der Waals surface area contributed by atoms with Crippen molar-refractivity contribution >= 4 is 11.9 Å². The number of amides is 1. The molecular formula is C11H20N2O3. The van der Waals surface area contributed by atoms with Crippen molar-refractivity contribution in [3.8, 4) is 0 Å². The number of carbonyl (C=O) groups excluding carboxylic acids is 2. The van der Waals surface area contributed by atoms with Crippen molar-refractivity contribution in [2.75, 3.05) is 13.7 Å². The van der Waals surface area contributed by atoms with Crippen LogP contribution in [0.25, 0.3) is 0 Å². The summed E-state index contributed by atoms with van der Waals surface area (Å²) in [7, 11) is 1.31. The minimum absolute atomic E-state index is 0.139. The monoisotopic (exact) mass is 228 g/mol. The summed E-state index contributed by atoms with van der Waals surface area (Å²) in [6, 6.07) is -0.205. The van der Waals surface area contributed by atoms with Gasteiger partial charge in [-0.2, -0.15) is 0 Å². The van der Waals surface area contributed by atoms with Crippen LogP contribution in [-0.2, 0) is 14.3 Å². The van der Waals surface area contributed by atoms with E-state index in [4.69, 9.17) is 0 Å². The third-order valence-electron chi connectivity index (χ3n) is 2.95. The average molecular weight is 228 g/mol. The van der Waals surface area contributed by atoms with Crippen molar-refractivity contribution in [2.24, 2.45) is 5.92 Å². The zero-order valence-corrected chi connectivity index (χ0v) is 10.3. The molecule has 0 bridgehead atoms. The fourth-order valence-corrected chi connectivity index (χ4v) is 1.88. The molecular weight excluding hydrogens is 208 g/mol. The normalized spacial score (nSPS) is 25.2. The lowest BCUT2D eigenvalue weighted by atomic mass is 10.00. The Balaban J connectivity index is 2.60. The second kappa shape index (κ2) is 4.82. The van der Waals surface area contributed by atoms with Gasteiger partial charge in [0, 0.05) is 0 Å². The van der Waals surface area contributed by atoms with Gasteiger partial charge in [0.1, 0.15) is 5.54 Å². The molecule has 0 aromatic heterocycles. The van der Waals surface area contributed by atoms with Gasteiger partial charge in [0.15, 0.2) is 0 Å². The molecule has 16 heavy (non-hydrogen) atoms. The lowest BCUT2D eigenvalue weighted by Crippen LogP contribution is -2.55. The second-order valence-corrected chi connectivity index (χ2v) is 4.80. The lowest BCUT2D eigenvalue weighted by molar-refractivity contribution is -0.149. The van der Waals surface area contributed by atoms with Crippen molar-refractivity contribution < 1.29 is 14.3 Å². The van der Waals surface area contributed by atoms with Gasteiger partial charge in [0.05, 0.1) is 13.2 Å². The molecule has 1 saturated heterocycles. The number of hydrogen-bond acceptors (Lipinski definition) is 4. The predicted molar refractivity (Wildman–Crippen MR) is 59.8 cm³/mol.